The van der Waals surface area contributed by atoms with Crippen LogP contribution in [0.1, 0.15) is 12.5 Å². The number of nitrogens with zero attached hydrogens (tertiary/aromatic N) is 1. The minimum Gasteiger partial charge on any atom is -0.373 e. The van der Waals surface area contributed by atoms with Gasteiger partial charge in [0.1, 0.15) is 11.0 Å². The van der Waals surface area contributed by atoms with Crippen LogP contribution in [0.25, 0.3) is 0 Å². The number of rotatable bonds is 4. The minimum absolute atomic E-state index is 0.0786. The van der Waals surface area contributed by atoms with Gasteiger partial charge in [-0.25, -0.2) is 4.98 Å². The van der Waals surface area contributed by atoms with Crippen LogP contribution in [-0.4, -0.2) is 22.9 Å². The van der Waals surface area contributed by atoms with E-state index >= 15 is 0 Å². The Balaban J connectivity index is 3.00. The summed E-state index contributed by atoms with van der Waals surface area (Å²) in [6.07, 6.45) is 3.08. The lowest BCUT2D eigenvalue weighted by Crippen LogP contribution is -2.03. The Morgan fingerprint density at radius 2 is 2.19 bits per heavy atom. The van der Waals surface area contributed by atoms with Crippen molar-refractivity contribution in [2.75, 3.05) is 12.4 Å². The molecule has 1 heterocycles. The molecule has 3 N–H and O–H groups in total. The number of nitrogens with one attached hydrogen (secondary N) is 3. The molecule has 16 heavy (non-hydrogen) atoms. The highest BCUT2D eigenvalue weighted by molar-refractivity contribution is 6.67. The topological polar surface area (TPSA) is 72.6 Å². The number of hydrogen-bond acceptors (Lipinski definition) is 4. The second-order valence-corrected chi connectivity index (χ2v) is 3.64. The normalized spacial score (nSPS) is 11.1. The van der Waals surface area contributed by atoms with E-state index in [0.29, 0.717) is 17.1 Å². The summed E-state index contributed by atoms with van der Waals surface area (Å²) in [5, 5.41) is 17.9. The van der Waals surface area contributed by atoms with E-state index in [1.54, 1.807) is 32.3 Å². The first kappa shape index (κ1) is 12.4. The minimum atomic E-state index is -0.0786. The molecule has 0 aliphatic carbocycles. The quantitative estimate of drug-likeness (QED) is 0.704. The smallest absolute Gasteiger partial charge is 0.126 e. The molecule has 0 saturated carbocycles. The molecule has 0 saturated heterocycles. The predicted octanol–water partition coefficient (Wildman–Crippen LogP) is 2.65. The maximum Gasteiger partial charge on any atom is 0.126 e. The zero-order valence-corrected chi connectivity index (χ0v) is 9.89. The van der Waals surface area contributed by atoms with E-state index < -0.39 is 0 Å². The Morgan fingerprint density at radius 3 is 2.75 bits per heavy atom. The van der Waals surface area contributed by atoms with E-state index in [0.717, 1.165) is 5.56 Å². The summed E-state index contributed by atoms with van der Waals surface area (Å²) >= 11 is 5.45. The van der Waals surface area contributed by atoms with Crippen LogP contribution in [0.5, 0.6) is 0 Å². The predicted molar refractivity (Wildman–Crippen MR) is 67.9 cm³/mol. The summed E-state index contributed by atoms with van der Waals surface area (Å²) < 4.78 is 0. The molecule has 0 amide bonds. The number of halogens is 1. The lowest BCUT2D eigenvalue weighted by atomic mass is 10.0. The molecule has 0 unspecified atom stereocenters. The lowest BCUT2D eigenvalue weighted by molar-refractivity contribution is 1.27. The van der Waals surface area contributed by atoms with E-state index in [2.05, 4.69) is 10.3 Å². The Morgan fingerprint density at radius 1 is 1.50 bits per heavy atom. The molecular weight excluding hydrogens is 224 g/mol. The van der Waals surface area contributed by atoms with E-state index in [-0.39, 0.29) is 5.17 Å². The molecule has 1 aromatic rings. The van der Waals surface area contributed by atoms with Gasteiger partial charge in [0.25, 0.3) is 0 Å². The van der Waals surface area contributed by atoms with Crippen LogP contribution < -0.4 is 5.32 Å². The summed E-state index contributed by atoms with van der Waals surface area (Å²) in [7, 11) is 1.77. The van der Waals surface area contributed by atoms with Gasteiger partial charge in [-0.05, 0) is 30.7 Å². The zero-order chi connectivity index (χ0) is 12.1. The standard InChI is InChI=1S/C11H13ClN4/c1-7(5-9(12)13)11(14)8-3-4-16-10(6-8)15-2/h3-6,13-14H,1-2H3,(H,15,16)/b7-5-,13-9?,14-11?. The summed E-state index contributed by atoms with van der Waals surface area (Å²) in [5.74, 6) is 0.705. The summed E-state index contributed by atoms with van der Waals surface area (Å²) in [4.78, 5) is 4.07. The van der Waals surface area contributed by atoms with Gasteiger partial charge in [-0.15, -0.1) is 0 Å². The molecule has 1 aromatic heterocycles. The highest BCUT2D eigenvalue weighted by Gasteiger charge is 2.05. The van der Waals surface area contributed by atoms with Crippen molar-refractivity contribution in [1.82, 2.24) is 4.98 Å². The third kappa shape index (κ3) is 3.17. The van der Waals surface area contributed by atoms with Crippen LogP contribution in [0.2, 0.25) is 0 Å². The molecule has 0 aromatic carbocycles. The first-order valence-corrected chi connectivity index (χ1v) is 5.08. The van der Waals surface area contributed by atoms with Crippen molar-refractivity contribution in [2.24, 2.45) is 0 Å². The van der Waals surface area contributed by atoms with Crippen LogP contribution in [0.4, 0.5) is 5.82 Å². The fraction of sp³-hybridized carbons (Fsp3) is 0.182. The van der Waals surface area contributed by atoms with Gasteiger partial charge in [-0.3, -0.25) is 10.8 Å². The molecule has 1 rings (SSSR count). The number of allylic oxidation sites excluding steroid dienone is 2. The molecule has 0 aliphatic heterocycles. The Kier molecular flexibility index (Phi) is 4.19. The first-order chi connectivity index (χ1) is 7.54. The average Bonchev–Trinajstić information content (AvgIpc) is 2.27. The molecular formula is C11H13ClN4. The van der Waals surface area contributed by atoms with E-state index in [4.69, 9.17) is 22.4 Å². The number of pyridine rings is 1. The van der Waals surface area contributed by atoms with Crippen LogP contribution >= 0.6 is 11.6 Å². The number of hydrogen-bond donors (Lipinski definition) is 3. The molecule has 0 bridgehead atoms. The van der Waals surface area contributed by atoms with E-state index in [9.17, 15) is 0 Å². The van der Waals surface area contributed by atoms with Crippen LogP contribution in [0.3, 0.4) is 0 Å². The molecule has 0 atom stereocenters. The molecule has 4 nitrogen and oxygen atoms in total. The third-order valence-corrected chi connectivity index (χ3v) is 2.15. The molecule has 84 valence electrons. The zero-order valence-electron chi connectivity index (χ0n) is 9.13. The maximum absolute atomic E-state index is 7.92. The summed E-state index contributed by atoms with van der Waals surface area (Å²) in [6, 6.07) is 3.52. The van der Waals surface area contributed by atoms with Gasteiger partial charge in [0.15, 0.2) is 0 Å². The summed E-state index contributed by atoms with van der Waals surface area (Å²) in [5.41, 5.74) is 1.73. The first-order valence-electron chi connectivity index (χ1n) is 4.70. The van der Waals surface area contributed by atoms with Crippen molar-refractivity contribution in [3.8, 4) is 0 Å². The summed E-state index contributed by atoms with van der Waals surface area (Å²) in [6.45, 7) is 1.75. The van der Waals surface area contributed by atoms with Gasteiger partial charge >= 0.3 is 0 Å². The highest BCUT2D eigenvalue weighted by Crippen LogP contribution is 2.11. The van der Waals surface area contributed by atoms with E-state index in [1.165, 1.54) is 6.08 Å². The average molecular weight is 237 g/mol. The molecule has 0 fully saturated rings. The number of aromatic nitrogens is 1. The van der Waals surface area contributed by atoms with Gasteiger partial charge in [0.2, 0.25) is 0 Å². The second kappa shape index (κ2) is 5.42. The largest absolute Gasteiger partial charge is 0.373 e. The monoisotopic (exact) mass is 236 g/mol. The van der Waals surface area contributed by atoms with Crippen molar-refractivity contribution >= 4 is 28.3 Å². The van der Waals surface area contributed by atoms with E-state index in [1.807, 2.05) is 0 Å². The van der Waals surface area contributed by atoms with Crippen molar-refractivity contribution in [2.45, 2.75) is 6.92 Å². The van der Waals surface area contributed by atoms with Crippen LogP contribution in [0.15, 0.2) is 30.0 Å². The van der Waals surface area contributed by atoms with Crippen molar-refractivity contribution in [1.29, 1.82) is 10.8 Å². The lowest BCUT2D eigenvalue weighted by Gasteiger charge is -2.06. The van der Waals surface area contributed by atoms with Gasteiger partial charge in [0.05, 0.1) is 5.71 Å². The van der Waals surface area contributed by atoms with Gasteiger partial charge < -0.3 is 5.32 Å². The Bertz CT molecular complexity index is 451. The van der Waals surface area contributed by atoms with Gasteiger partial charge in [0, 0.05) is 18.8 Å². The molecule has 5 heteroatoms. The Labute approximate surface area is 99.4 Å². The molecule has 0 radical (unpaired) electrons. The third-order valence-electron chi connectivity index (χ3n) is 2.04. The van der Waals surface area contributed by atoms with Crippen molar-refractivity contribution in [3.05, 3.63) is 35.5 Å². The van der Waals surface area contributed by atoms with Gasteiger partial charge in [-0.1, -0.05) is 11.6 Å². The fourth-order valence-electron chi connectivity index (χ4n) is 1.21. The molecule has 0 spiro atoms. The van der Waals surface area contributed by atoms with Crippen LogP contribution in [0, 0.1) is 10.8 Å². The highest BCUT2D eigenvalue weighted by atomic mass is 35.5. The van der Waals surface area contributed by atoms with Crippen molar-refractivity contribution < 1.29 is 0 Å². The molecule has 0 aliphatic rings. The Hall–Kier alpha value is -1.68. The SMILES string of the molecule is CNc1cc(C(=N)/C(C)=C\C(=N)Cl)ccn1. The van der Waals surface area contributed by atoms with Crippen molar-refractivity contribution in [3.63, 3.8) is 0 Å². The van der Waals surface area contributed by atoms with Gasteiger partial charge in [-0.2, -0.15) is 0 Å². The fourth-order valence-corrected chi connectivity index (χ4v) is 1.38. The maximum atomic E-state index is 7.92. The second-order valence-electron chi connectivity index (χ2n) is 3.23. The van der Waals surface area contributed by atoms with Crippen LogP contribution in [-0.2, 0) is 0 Å². The number of anilines is 1.